The predicted molar refractivity (Wildman–Crippen MR) is 109 cm³/mol. The highest BCUT2D eigenvalue weighted by Crippen LogP contribution is 2.29. The van der Waals surface area contributed by atoms with Gasteiger partial charge in [0.25, 0.3) is 15.7 Å². The van der Waals surface area contributed by atoms with Gasteiger partial charge in [0, 0.05) is 43.7 Å². The molecular weight excluding hydrogens is 470 g/mol. The van der Waals surface area contributed by atoms with E-state index in [0.717, 1.165) is 9.30 Å². The molecule has 0 aliphatic carbocycles. The summed E-state index contributed by atoms with van der Waals surface area (Å²) in [6.07, 6.45) is 1.61. The van der Waals surface area contributed by atoms with Crippen LogP contribution in [0.3, 0.4) is 0 Å². The molecule has 0 atom stereocenters. The fraction of sp³-hybridized carbons (Fsp3) is 0.312. The average Bonchev–Trinajstić information content (AvgIpc) is 3.29. The molecule has 0 saturated carbocycles. The van der Waals surface area contributed by atoms with Crippen LogP contribution in [0.5, 0.6) is 0 Å². The molecule has 1 fully saturated rings. The number of piperazine rings is 1. The highest BCUT2D eigenvalue weighted by molar-refractivity contribution is 9.11. The Morgan fingerprint density at radius 3 is 2.57 bits per heavy atom. The number of aromatic nitrogens is 2. The van der Waals surface area contributed by atoms with Gasteiger partial charge >= 0.3 is 0 Å². The molecule has 4 rings (SSSR count). The van der Waals surface area contributed by atoms with Crippen molar-refractivity contribution in [2.75, 3.05) is 26.2 Å². The lowest BCUT2D eigenvalue weighted by Gasteiger charge is -2.33. The lowest BCUT2D eigenvalue weighted by Crippen LogP contribution is -2.48. The van der Waals surface area contributed by atoms with E-state index in [1.807, 2.05) is 0 Å². The van der Waals surface area contributed by atoms with Crippen molar-refractivity contribution < 1.29 is 13.3 Å². The second kappa shape index (κ2) is 7.52. The highest BCUT2D eigenvalue weighted by Gasteiger charge is 2.29. The Balaban J connectivity index is 1.43. The molecule has 1 saturated heterocycles. The summed E-state index contributed by atoms with van der Waals surface area (Å²) in [7, 11) is -3.47. The molecule has 0 radical (unpaired) electrons. The number of nitro groups is 1. The molecule has 9 nitrogen and oxygen atoms in total. The maximum absolute atomic E-state index is 12.7. The van der Waals surface area contributed by atoms with Crippen LogP contribution in [0.1, 0.15) is 0 Å². The Hall–Kier alpha value is -1.86. The smallest absolute Gasteiger partial charge is 0.270 e. The zero-order chi connectivity index (χ0) is 19.9. The molecular formula is C16H16BrN5O4S2. The third-order valence-electron chi connectivity index (χ3n) is 4.64. The number of nitro benzene ring substituents is 1. The Bertz CT molecular complexity index is 1140. The van der Waals surface area contributed by atoms with Crippen LogP contribution in [0.2, 0.25) is 0 Å². The normalized spacial score (nSPS) is 16.6. The van der Waals surface area contributed by atoms with Crippen molar-refractivity contribution in [1.82, 2.24) is 19.0 Å². The summed E-state index contributed by atoms with van der Waals surface area (Å²) < 4.78 is 29.8. The lowest BCUT2D eigenvalue weighted by atomic mass is 10.2. The summed E-state index contributed by atoms with van der Waals surface area (Å²) in [5.74, 6) is 0. The molecule has 0 spiro atoms. The number of rotatable bonds is 5. The molecule has 1 aliphatic rings. The zero-order valence-electron chi connectivity index (χ0n) is 14.6. The van der Waals surface area contributed by atoms with Crippen molar-refractivity contribution >= 4 is 53.9 Å². The molecule has 0 N–H and O–H groups in total. The van der Waals surface area contributed by atoms with Crippen molar-refractivity contribution in [2.45, 2.75) is 10.9 Å². The molecule has 12 heteroatoms. The minimum Gasteiger partial charge on any atom is -0.282 e. The highest BCUT2D eigenvalue weighted by atomic mass is 79.9. The van der Waals surface area contributed by atoms with Gasteiger partial charge in [0.05, 0.1) is 27.1 Å². The lowest BCUT2D eigenvalue weighted by molar-refractivity contribution is -0.384. The van der Waals surface area contributed by atoms with Gasteiger partial charge in [0.1, 0.15) is 4.21 Å². The molecule has 28 heavy (non-hydrogen) atoms. The van der Waals surface area contributed by atoms with E-state index in [1.165, 1.54) is 27.8 Å². The molecule has 0 bridgehead atoms. The molecule has 3 aromatic rings. The van der Waals surface area contributed by atoms with Gasteiger partial charge in [-0.2, -0.15) is 9.40 Å². The number of benzene rings is 1. The summed E-state index contributed by atoms with van der Waals surface area (Å²) >= 11 is 4.51. The van der Waals surface area contributed by atoms with Gasteiger partial charge in [-0.3, -0.25) is 19.7 Å². The van der Waals surface area contributed by atoms with Crippen LogP contribution in [-0.4, -0.2) is 58.5 Å². The number of nitrogens with zero attached hydrogens (tertiary/aromatic N) is 5. The van der Waals surface area contributed by atoms with Crippen molar-refractivity contribution in [3.63, 3.8) is 0 Å². The third kappa shape index (κ3) is 3.70. The van der Waals surface area contributed by atoms with E-state index >= 15 is 0 Å². The van der Waals surface area contributed by atoms with Crippen molar-refractivity contribution in [2.24, 2.45) is 0 Å². The van der Waals surface area contributed by atoms with Gasteiger partial charge in [-0.1, -0.05) is 0 Å². The monoisotopic (exact) mass is 485 g/mol. The number of hydrogen-bond acceptors (Lipinski definition) is 7. The van der Waals surface area contributed by atoms with E-state index in [1.54, 1.807) is 29.1 Å². The van der Waals surface area contributed by atoms with Crippen molar-refractivity contribution in [1.29, 1.82) is 0 Å². The quantitative estimate of drug-likeness (QED) is 0.406. The van der Waals surface area contributed by atoms with Gasteiger partial charge in [-0.05, 0) is 34.1 Å². The van der Waals surface area contributed by atoms with Crippen LogP contribution in [0.4, 0.5) is 5.69 Å². The Morgan fingerprint density at radius 2 is 1.93 bits per heavy atom. The number of thiophene rings is 1. The van der Waals surface area contributed by atoms with Gasteiger partial charge in [0.15, 0.2) is 0 Å². The van der Waals surface area contributed by atoms with Crippen molar-refractivity contribution in [3.8, 4) is 0 Å². The second-order valence-electron chi connectivity index (χ2n) is 6.37. The first-order chi connectivity index (χ1) is 13.3. The number of sulfonamides is 1. The standard InChI is InChI=1S/C16H16BrN5O4S2/c17-15-3-4-16(27-15)28(25,26)20-7-5-19(6-8-20)11-21-14-2-1-13(22(23)24)9-12(14)10-18-21/h1-4,9-10H,5-8,11H2. The fourth-order valence-corrected chi connectivity index (χ4v) is 6.75. The minimum absolute atomic E-state index is 0.0334. The van der Waals surface area contributed by atoms with Crippen LogP contribution in [-0.2, 0) is 16.7 Å². The fourth-order valence-electron chi connectivity index (χ4n) is 3.17. The maximum atomic E-state index is 12.7. The second-order valence-corrected chi connectivity index (χ2v) is 11.0. The molecule has 148 valence electrons. The summed E-state index contributed by atoms with van der Waals surface area (Å²) in [4.78, 5) is 12.6. The third-order valence-corrected chi connectivity index (χ3v) is 8.63. The predicted octanol–water partition coefficient (Wildman–Crippen LogP) is 2.73. The SMILES string of the molecule is O=[N+]([O-])c1ccc2c(cnn2CN2CCN(S(=O)(=O)c3ccc(Br)s3)CC2)c1. The number of non-ortho nitro benzene ring substituents is 1. The molecule has 3 heterocycles. The molecule has 0 unspecified atom stereocenters. The maximum Gasteiger partial charge on any atom is 0.270 e. The van der Waals surface area contributed by atoms with E-state index in [2.05, 4.69) is 25.9 Å². The summed E-state index contributed by atoms with van der Waals surface area (Å²) in [6.45, 7) is 2.48. The van der Waals surface area contributed by atoms with Crippen LogP contribution in [0.15, 0.2) is 44.5 Å². The first-order valence-electron chi connectivity index (χ1n) is 8.42. The van der Waals surface area contributed by atoms with Crippen LogP contribution >= 0.6 is 27.3 Å². The number of halogens is 1. The van der Waals surface area contributed by atoms with Gasteiger partial charge < -0.3 is 0 Å². The largest absolute Gasteiger partial charge is 0.282 e. The summed E-state index contributed by atoms with van der Waals surface area (Å²) in [5.41, 5.74) is 0.843. The Labute approximate surface area is 173 Å². The van der Waals surface area contributed by atoms with E-state index in [4.69, 9.17) is 0 Å². The molecule has 1 aromatic carbocycles. The first-order valence-corrected chi connectivity index (χ1v) is 11.5. The van der Waals surface area contributed by atoms with Gasteiger partial charge in [-0.15, -0.1) is 11.3 Å². The topological polar surface area (TPSA) is 102 Å². The Kier molecular flexibility index (Phi) is 5.22. The van der Waals surface area contributed by atoms with Crippen LogP contribution < -0.4 is 0 Å². The van der Waals surface area contributed by atoms with E-state index < -0.39 is 14.9 Å². The minimum atomic E-state index is -3.47. The average molecular weight is 486 g/mol. The van der Waals surface area contributed by atoms with E-state index in [-0.39, 0.29) is 5.69 Å². The molecule has 2 aromatic heterocycles. The number of hydrogen-bond donors (Lipinski definition) is 0. The van der Waals surface area contributed by atoms with Crippen molar-refractivity contribution in [3.05, 3.63) is 50.4 Å². The number of fused-ring (bicyclic) bond motifs is 1. The van der Waals surface area contributed by atoms with Gasteiger partial charge in [-0.25, -0.2) is 8.42 Å². The zero-order valence-corrected chi connectivity index (χ0v) is 17.8. The molecule has 0 amide bonds. The summed E-state index contributed by atoms with van der Waals surface area (Å²) in [6, 6.07) is 8.01. The van der Waals surface area contributed by atoms with Crippen LogP contribution in [0, 0.1) is 10.1 Å². The van der Waals surface area contributed by atoms with E-state index in [0.29, 0.717) is 42.4 Å². The summed E-state index contributed by atoms with van der Waals surface area (Å²) in [5, 5.41) is 15.9. The van der Waals surface area contributed by atoms with Crippen LogP contribution in [0.25, 0.3) is 10.9 Å². The Morgan fingerprint density at radius 1 is 1.18 bits per heavy atom. The molecule has 1 aliphatic heterocycles. The van der Waals surface area contributed by atoms with Gasteiger partial charge in [0.2, 0.25) is 0 Å². The first kappa shape index (κ1) is 19.5. The van der Waals surface area contributed by atoms with E-state index in [9.17, 15) is 18.5 Å².